The zero-order chi connectivity index (χ0) is 20.1. The van der Waals surface area contributed by atoms with Crippen molar-refractivity contribution in [2.75, 3.05) is 5.32 Å². The molecule has 0 radical (unpaired) electrons. The molecule has 6 nitrogen and oxygen atoms in total. The minimum absolute atomic E-state index is 0.0663. The average Bonchev–Trinajstić information content (AvgIpc) is 3.35. The fraction of sp³-hybridized carbons (Fsp3) is 0.421. The maximum absolute atomic E-state index is 13.3. The molecular weight excluding hydrogens is 405 g/mol. The van der Waals surface area contributed by atoms with E-state index in [1.54, 1.807) is 0 Å². The van der Waals surface area contributed by atoms with Crippen LogP contribution in [0.3, 0.4) is 0 Å². The Labute approximate surface area is 168 Å². The lowest BCUT2D eigenvalue weighted by atomic mass is 10.1. The summed E-state index contributed by atoms with van der Waals surface area (Å²) in [4.78, 5) is 12.9. The predicted molar refractivity (Wildman–Crippen MR) is 106 cm³/mol. The van der Waals surface area contributed by atoms with Gasteiger partial charge in [0.15, 0.2) is 0 Å². The number of benzene rings is 1. The fourth-order valence-corrected chi connectivity index (χ4v) is 5.48. The van der Waals surface area contributed by atoms with E-state index in [1.807, 2.05) is 17.7 Å². The lowest BCUT2D eigenvalue weighted by molar-refractivity contribution is 0.101. The summed E-state index contributed by atoms with van der Waals surface area (Å²) in [6, 6.07) is 3.70. The number of aryl methyl sites for hydroxylation is 1. The SMILES string of the molecule is CCn1cc2c(c1C(=O)Nc1ccc(F)c(Cl)c1)CC[C@@H]2NS(=O)(=O)C1CC1. The topological polar surface area (TPSA) is 80.2 Å². The average molecular weight is 426 g/mol. The van der Waals surface area contributed by atoms with Crippen LogP contribution in [0.25, 0.3) is 0 Å². The van der Waals surface area contributed by atoms with Crippen LogP contribution in [-0.2, 0) is 23.0 Å². The van der Waals surface area contributed by atoms with Crippen LogP contribution in [0.15, 0.2) is 24.4 Å². The van der Waals surface area contributed by atoms with Gasteiger partial charge in [-0.3, -0.25) is 4.79 Å². The minimum atomic E-state index is -3.31. The Morgan fingerprint density at radius 2 is 2.07 bits per heavy atom. The molecule has 2 aromatic rings. The van der Waals surface area contributed by atoms with Crippen molar-refractivity contribution in [1.82, 2.24) is 9.29 Å². The van der Waals surface area contributed by atoms with Gasteiger partial charge in [0.2, 0.25) is 10.0 Å². The molecule has 1 fully saturated rings. The van der Waals surface area contributed by atoms with Crippen LogP contribution >= 0.6 is 11.6 Å². The molecule has 2 aliphatic carbocycles. The third-order valence-corrected chi connectivity index (χ3v) is 7.53. The number of hydrogen-bond donors (Lipinski definition) is 2. The Hall–Kier alpha value is -1.90. The molecule has 0 unspecified atom stereocenters. The van der Waals surface area contributed by atoms with Gasteiger partial charge in [0.1, 0.15) is 11.5 Å². The number of anilines is 1. The quantitative estimate of drug-likeness (QED) is 0.741. The summed E-state index contributed by atoms with van der Waals surface area (Å²) in [7, 11) is -3.31. The number of carbonyl (C=O) groups excluding carboxylic acids is 1. The predicted octanol–water partition coefficient (Wildman–Crippen LogP) is 3.62. The van der Waals surface area contributed by atoms with Gasteiger partial charge in [0, 0.05) is 24.5 Å². The highest BCUT2D eigenvalue weighted by Gasteiger charge is 2.39. The number of aromatic nitrogens is 1. The molecule has 1 heterocycles. The fourth-order valence-electron chi connectivity index (χ4n) is 3.70. The molecule has 150 valence electrons. The number of nitrogens with one attached hydrogen (secondary N) is 2. The molecule has 0 bridgehead atoms. The second-order valence-corrected chi connectivity index (χ2v) is 9.63. The second-order valence-electron chi connectivity index (χ2n) is 7.23. The number of sulfonamides is 1. The van der Waals surface area contributed by atoms with Gasteiger partial charge in [-0.25, -0.2) is 17.5 Å². The van der Waals surface area contributed by atoms with E-state index >= 15 is 0 Å². The normalized spacial score (nSPS) is 18.9. The molecular formula is C19H21ClFN3O3S. The number of rotatable bonds is 6. The first-order chi connectivity index (χ1) is 13.3. The van der Waals surface area contributed by atoms with Crippen LogP contribution in [0.1, 0.15) is 53.8 Å². The van der Waals surface area contributed by atoms with Crippen LogP contribution in [0.5, 0.6) is 0 Å². The standard InChI is InChI=1S/C19H21ClFN3O3S/c1-2-24-10-14-13(6-8-17(14)23-28(26,27)12-4-5-12)18(24)19(25)22-11-3-7-16(21)15(20)9-11/h3,7,9-10,12,17,23H,2,4-6,8H2,1H3,(H,22,25)/t17-/m0/s1. The highest BCUT2D eigenvalue weighted by Crippen LogP contribution is 2.38. The molecule has 0 saturated heterocycles. The van der Waals surface area contributed by atoms with Gasteiger partial charge >= 0.3 is 0 Å². The maximum Gasteiger partial charge on any atom is 0.272 e. The van der Waals surface area contributed by atoms with E-state index in [4.69, 9.17) is 11.6 Å². The molecule has 0 spiro atoms. The summed E-state index contributed by atoms with van der Waals surface area (Å²) < 4.78 is 42.6. The van der Waals surface area contributed by atoms with Crippen LogP contribution in [0, 0.1) is 5.82 Å². The van der Waals surface area contributed by atoms with Crippen molar-refractivity contribution in [3.8, 4) is 0 Å². The highest BCUT2D eigenvalue weighted by molar-refractivity contribution is 7.90. The first-order valence-corrected chi connectivity index (χ1v) is 11.2. The summed E-state index contributed by atoms with van der Waals surface area (Å²) in [5, 5.41) is 2.41. The van der Waals surface area contributed by atoms with Crippen LogP contribution in [0.4, 0.5) is 10.1 Å². The molecule has 0 aliphatic heterocycles. The van der Waals surface area contributed by atoms with E-state index in [-0.39, 0.29) is 22.2 Å². The molecule has 9 heteroatoms. The first-order valence-electron chi connectivity index (χ1n) is 9.29. The van der Waals surface area contributed by atoms with E-state index in [0.29, 0.717) is 43.6 Å². The van der Waals surface area contributed by atoms with Gasteiger partial charge in [-0.05, 0) is 61.9 Å². The molecule has 1 aromatic heterocycles. The zero-order valence-electron chi connectivity index (χ0n) is 15.3. The third-order valence-electron chi connectivity index (χ3n) is 5.28. The largest absolute Gasteiger partial charge is 0.343 e. The molecule has 1 saturated carbocycles. The Kier molecular flexibility index (Phi) is 4.97. The number of halogens is 2. The van der Waals surface area contributed by atoms with E-state index in [9.17, 15) is 17.6 Å². The molecule has 1 atom stereocenters. The first kappa shape index (κ1) is 19.4. The van der Waals surface area contributed by atoms with Gasteiger partial charge in [-0.15, -0.1) is 0 Å². The second kappa shape index (κ2) is 7.17. The van der Waals surface area contributed by atoms with E-state index in [0.717, 1.165) is 11.1 Å². The molecule has 28 heavy (non-hydrogen) atoms. The van der Waals surface area contributed by atoms with Gasteiger partial charge in [-0.1, -0.05) is 11.6 Å². The number of amides is 1. The van der Waals surface area contributed by atoms with E-state index in [2.05, 4.69) is 10.0 Å². The highest BCUT2D eigenvalue weighted by atomic mass is 35.5. The van der Waals surface area contributed by atoms with Crippen molar-refractivity contribution in [3.63, 3.8) is 0 Å². The summed E-state index contributed by atoms with van der Waals surface area (Å²) in [6.07, 6.45) is 4.52. The Morgan fingerprint density at radius 1 is 1.32 bits per heavy atom. The van der Waals surface area contributed by atoms with Crippen LogP contribution in [-0.4, -0.2) is 24.1 Å². The number of hydrogen-bond acceptors (Lipinski definition) is 3. The molecule has 1 amide bonds. The van der Waals surface area contributed by atoms with Crippen molar-refractivity contribution in [2.45, 2.75) is 50.4 Å². The summed E-state index contributed by atoms with van der Waals surface area (Å²) in [6.45, 7) is 2.49. The molecule has 1 aromatic carbocycles. The monoisotopic (exact) mass is 425 g/mol. The van der Waals surface area contributed by atoms with Crippen molar-refractivity contribution < 1.29 is 17.6 Å². The Balaban J connectivity index is 1.60. The maximum atomic E-state index is 13.3. The Morgan fingerprint density at radius 3 is 2.71 bits per heavy atom. The smallest absolute Gasteiger partial charge is 0.272 e. The molecule has 2 N–H and O–H groups in total. The van der Waals surface area contributed by atoms with Gasteiger partial charge in [0.05, 0.1) is 10.3 Å². The van der Waals surface area contributed by atoms with Gasteiger partial charge in [0.25, 0.3) is 5.91 Å². The van der Waals surface area contributed by atoms with Gasteiger partial charge in [-0.2, -0.15) is 0 Å². The summed E-state index contributed by atoms with van der Waals surface area (Å²) in [5.74, 6) is -0.875. The number of nitrogens with zero attached hydrogens (tertiary/aromatic N) is 1. The number of carbonyl (C=O) groups is 1. The van der Waals surface area contributed by atoms with Gasteiger partial charge < -0.3 is 9.88 Å². The lowest BCUT2D eigenvalue weighted by Gasteiger charge is -2.13. The minimum Gasteiger partial charge on any atom is -0.343 e. The zero-order valence-corrected chi connectivity index (χ0v) is 16.9. The van der Waals surface area contributed by atoms with Crippen LogP contribution in [0.2, 0.25) is 5.02 Å². The Bertz CT molecular complexity index is 1050. The summed E-state index contributed by atoms with van der Waals surface area (Å²) >= 11 is 5.79. The van der Waals surface area contributed by atoms with Crippen molar-refractivity contribution in [1.29, 1.82) is 0 Å². The van der Waals surface area contributed by atoms with Crippen molar-refractivity contribution >= 4 is 33.2 Å². The third kappa shape index (κ3) is 3.56. The van der Waals surface area contributed by atoms with Crippen molar-refractivity contribution in [2.24, 2.45) is 0 Å². The number of fused-ring (bicyclic) bond motifs is 1. The summed E-state index contributed by atoms with van der Waals surface area (Å²) in [5.41, 5.74) is 2.62. The molecule has 4 rings (SSSR count). The van der Waals surface area contributed by atoms with Crippen molar-refractivity contribution in [3.05, 3.63) is 52.1 Å². The van der Waals surface area contributed by atoms with E-state index < -0.39 is 15.8 Å². The van der Waals surface area contributed by atoms with Crippen LogP contribution < -0.4 is 10.0 Å². The lowest BCUT2D eigenvalue weighted by Crippen LogP contribution is -2.30. The molecule has 2 aliphatic rings. The van der Waals surface area contributed by atoms with E-state index in [1.165, 1.54) is 18.2 Å².